The molecule has 1 N–H and O–H groups in total. The topological polar surface area (TPSA) is 66.8 Å². The van der Waals surface area contributed by atoms with Crippen LogP contribution in [0, 0.1) is 6.92 Å². The van der Waals surface area contributed by atoms with Gasteiger partial charge < -0.3 is 4.90 Å². The molecule has 0 spiro atoms. The van der Waals surface area contributed by atoms with Gasteiger partial charge in [-0.05, 0) is 44.4 Å². The Hall–Kier alpha value is -2.84. The highest BCUT2D eigenvalue weighted by Gasteiger charge is 2.30. The van der Waals surface area contributed by atoms with Gasteiger partial charge in [0.25, 0.3) is 5.56 Å². The molecule has 4 rings (SSSR count). The second-order valence-electron chi connectivity index (χ2n) is 7.11. The number of nitrogens with one attached hydrogen (secondary N) is 1. The predicted molar refractivity (Wildman–Crippen MR) is 99.6 cm³/mol. The van der Waals surface area contributed by atoms with E-state index in [4.69, 9.17) is 0 Å². The summed E-state index contributed by atoms with van der Waals surface area (Å²) < 4.78 is 40.1. The fraction of sp³-hybridized carbons (Fsp3) is 0.421. The highest BCUT2D eigenvalue weighted by Crippen LogP contribution is 2.31. The zero-order valence-electron chi connectivity index (χ0n) is 15.5. The van der Waals surface area contributed by atoms with Crippen LogP contribution in [-0.4, -0.2) is 32.8 Å². The average Bonchev–Trinajstić information content (AvgIpc) is 3.29. The number of H-pyrrole nitrogens is 1. The van der Waals surface area contributed by atoms with Crippen molar-refractivity contribution in [2.75, 3.05) is 18.0 Å². The molecule has 148 valence electrons. The highest BCUT2D eigenvalue weighted by atomic mass is 19.4. The maximum atomic E-state index is 12.8. The van der Waals surface area contributed by atoms with Crippen LogP contribution in [0.4, 0.5) is 19.1 Å². The fourth-order valence-electron chi connectivity index (χ4n) is 3.64. The minimum absolute atomic E-state index is 0.254. The number of rotatable bonds is 3. The molecule has 1 aliphatic heterocycles. The molecule has 0 aliphatic carbocycles. The van der Waals surface area contributed by atoms with E-state index in [1.165, 1.54) is 12.1 Å². The first-order valence-corrected chi connectivity index (χ1v) is 9.17. The van der Waals surface area contributed by atoms with Crippen molar-refractivity contribution in [2.24, 2.45) is 0 Å². The normalized spacial score (nSPS) is 16.1. The molecule has 1 aliphatic rings. The summed E-state index contributed by atoms with van der Waals surface area (Å²) in [6.07, 6.45) is -2.29. The van der Waals surface area contributed by atoms with Crippen LogP contribution in [-0.2, 0) is 6.18 Å². The van der Waals surface area contributed by atoms with Gasteiger partial charge in [0.1, 0.15) is 5.39 Å². The summed E-state index contributed by atoms with van der Waals surface area (Å²) in [4.78, 5) is 22.1. The zero-order valence-corrected chi connectivity index (χ0v) is 15.5. The Bertz CT molecular complexity index is 1060. The SMILES string of the molecule is Cc1nn(C(C)c2ccc(C(F)(F)F)cc2)c2nc(N3CCCC3)[nH]c(=O)c12. The fourth-order valence-corrected chi connectivity index (χ4v) is 3.64. The van der Waals surface area contributed by atoms with E-state index in [2.05, 4.69) is 15.1 Å². The molecule has 9 heteroatoms. The largest absolute Gasteiger partial charge is 0.416 e. The summed E-state index contributed by atoms with van der Waals surface area (Å²) >= 11 is 0. The highest BCUT2D eigenvalue weighted by molar-refractivity contribution is 5.78. The monoisotopic (exact) mass is 391 g/mol. The number of aryl methyl sites for hydroxylation is 1. The summed E-state index contributed by atoms with van der Waals surface area (Å²) in [5.41, 5.74) is 0.680. The van der Waals surface area contributed by atoms with Crippen LogP contribution in [0.25, 0.3) is 11.0 Å². The lowest BCUT2D eigenvalue weighted by Crippen LogP contribution is -2.24. The number of alkyl halides is 3. The first-order chi connectivity index (χ1) is 13.3. The van der Waals surface area contributed by atoms with Crippen LogP contribution < -0.4 is 10.5 Å². The minimum atomic E-state index is -4.38. The third kappa shape index (κ3) is 3.14. The van der Waals surface area contributed by atoms with E-state index in [0.29, 0.717) is 28.2 Å². The Morgan fingerprint density at radius 3 is 2.39 bits per heavy atom. The van der Waals surface area contributed by atoms with E-state index in [-0.39, 0.29) is 11.6 Å². The molecule has 3 aromatic rings. The van der Waals surface area contributed by atoms with Crippen molar-refractivity contribution in [1.82, 2.24) is 19.7 Å². The maximum Gasteiger partial charge on any atom is 0.416 e. The van der Waals surface area contributed by atoms with Crippen molar-refractivity contribution in [1.29, 1.82) is 0 Å². The number of benzene rings is 1. The molecule has 1 saturated heterocycles. The maximum absolute atomic E-state index is 12.8. The van der Waals surface area contributed by atoms with Crippen molar-refractivity contribution in [3.63, 3.8) is 0 Å². The third-order valence-electron chi connectivity index (χ3n) is 5.22. The molecule has 0 saturated carbocycles. The van der Waals surface area contributed by atoms with E-state index < -0.39 is 11.7 Å². The standard InChI is InChI=1S/C19H20F3N5O/c1-11-15-16(23-18(24-17(15)28)26-9-3-4-10-26)27(25-11)12(2)13-5-7-14(8-6-13)19(20,21)22/h5-8,12H,3-4,9-10H2,1-2H3,(H,23,24,28). The van der Waals surface area contributed by atoms with Crippen LogP contribution in [0.2, 0.25) is 0 Å². The summed E-state index contributed by atoms with van der Waals surface area (Å²) in [6.45, 7) is 5.21. The Morgan fingerprint density at radius 1 is 1.14 bits per heavy atom. The molecular weight excluding hydrogens is 371 g/mol. The molecule has 1 aromatic carbocycles. The average molecular weight is 391 g/mol. The summed E-state index contributed by atoms with van der Waals surface area (Å²) in [6, 6.07) is 4.61. The van der Waals surface area contributed by atoms with Gasteiger partial charge in [0.05, 0.1) is 17.3 Å². The van der Waals surface area contributed by atoms with E-state index in [1.807, 2.05) is 11.8 Å². The molecule has 0 amide bonds. The number of aromatic nitrogens is 4. The number of anilines is 1. The minimum Gasteiger partial charge on any atom is -0.342 e. The molecule has 2 aromatic heterocycles. The van der Waals surface area contributed by atoms with Crippen molar-refractivity contribution >= 4 is 17.0 Å². The van der Waals surface area contributed by atoms with E-state index in [0.717, 1.165) is 38.1 Å². The van der Waals surface area contributed by atoms with Crippen molar-refractivity contribution in [3.05, 3.63) is 51.4 Å². The van der Waals surface area contributed by atoms with Crippen molar-refractivity contribution < 1.29 is 13.2 Å². The molecule has 1 atom stereocenters. The molecule has 3 heterocycles. The van der Waals surface area contributed by atoms with Crippen molar-refractivity contribution in [3.8, 4) is 0 Å². The van der Waals surface area contributed by atoms with Gasteiger partial charge in [0, 0.05) is 13.1 Å². The second-order valence-corrected chi connectivity index (χ2v) is 7.11. The van der Waals surface area contributed by atoms with Crippen LogP contribution in [0.1, 0.15) is 42.6 Å². The zero-order chi connectivity index (χ0) is 20.1. The van der Waals surface area contributed by atoms with Gasteiger partial charge in [0.2, 0.25) is 5.95 Å². The van der Waals surface area contributed by atoms with E-state index in [1.54, 1.807) is 11.6 Å². The first-order valence-electron chi connectivity index (χ1n) is 9.17. The van der Waals surface area contributed by atoms with Gasteiger partial charge in [-0.1, -0.05) is 12.1 Å². The number of nitrogens with zero attached hydrogens (tertiary/aromatic N) is 4. The summed E-state index contributed by atoms with van der Waals surface area (Å²) in [5.74, 6) is 0.510. The van der Waals surface area contributed by atoms with Gasteiger partial charge in [-0.3, -0.25) is 9.78 Å². The number of hydrogen-bond donors (Lipinski definition) is 1. The molecule has 1 unspecified atom stereocenters. The third-order valence-corrected chi connectivity index (χ3v) is 5.22. The Labute approximate surface area is 159 Å². The molecule has 0 radical (unpaired) electrons. The Kier molecular flexibility index (Phi) is 4.40. The first kappa shape index (κ1) is 18.5. The number of halogens is 3. The van der Waals surface area contributed by atoms with Crippen LogP contribution in [0.5, 0.6) is 0 Å². The van der Waals surface area contributed by atoms with Crippen LogP contribution >= 0.6 is 0 Å². The van der Waals surface area contributed by atoms with Gasteiger partial charge in [-0.15, -0.1) is 0 Å². The molecule has 6 nitrogen and oxygen atoms in total. The lowest BCUT2D eigenvalue weighted by Gasteiger charge is -2.17. The quantitative estimate of drug-likeness (QED) is 0.740. The number of aromatic amines is 1. The molecular formula is C19H20F3N5O. The predicted octanol–water partition coefficient (Wildman–Crippen LogP) is 3.66. The number of hydrogen-bond acceptors (Lipinski definition) is 4. The van der Waals surface area contributed by atoms with Crippen molar-refractivity contribution in [2.45, 2.75) is 38.9 Å². The van der Waals surface area contributed by atoms with Gasteiger partial charge in [0.15, 0.2) is 5.65 Å². The smallest absolute Gasteiger partial charge is 0.342 e. The molecule has 0 bridgehead atoms. The lowest BCUT2D eigenvalue weighted by molar-refractivity contribution is -0.137. The molecule has 1 fully saturated rings. The van der Waals surface area contributed by atoms with Gasteiger partial charge in [-0.2, -0.15) is 23.3 Å². The number of fused-ring (bicyclic) bond motifs is 1. The second kappa shape index (κ2) is 6.65. The van der Waals surface area contributed by atoms with Crippen LogP contribution in [0.15, 0.2) is 29.1 Å². The summed E-state index contributed by atoms with van der Waals surface area (Å²) in [5, 5.41) is 4.86. The van der Waals surface area contributed by atoms with Gasteiger partial charge >= 0.3 is 6.18 Å². The Morgan fingerprint density at radius 2 is 1.79 bits per heavy atom. The van der Waals surface area contributed by atoms with Gasteiger partial charge in [-0.25, -0.2) is 4.68 Å². The van der Waals surface area contributed by atoms with Crippen LogP contribution in [0.3, 0.4) is 0 Å². The summed E-state index contributed by atoms with van der Waals surface area (Å²) in [7, 11) is 0. The lowest BCUT2D eigenvalue weighted by atomic mass is 10.1. The van der Waals surface area contributed by atoms with E-state index in [9.17, 15) is 18.0 Å². The Balaban J connectivity index is 1.78. The molecule has 28 heavy (non-hydrogen) atoms. The van der Waals surface area contributed by atoms with E-state index >= 15 is 0 Å².